The molecule has 5 heteroatoms. The lowest BCUT2D eigenvalue weighted by atomic mass is 9.86. The number of carboxylic acid groups (broad SMARTS) is 1. The minimum absolute atomic E-state index is 0.0992. The van der Waals surface area contributed by atoms with Gasteiger partial charge in [-0.15, -0.1) is 0 Å². The molecule has 154 valence electrons. The number of carbonyl (C=O) groups is 1. The Labute approximate surface area is 172 Å². The molecule has 1 N–H and O–H groups in total. The predicted molar refractivity (Wildman–Crippen MR) is 113 cm³/mol. The molecule has 0 saturated carbocycles. The smallest absolute Gasteiger partial charge is 0.333 e. The molecule has 0 aliphatic carbocycles. The number of hydrogen-bond acceptors (Lipinski definition) is 4. The average Bonchev–Trinajstić information content (AvgIpc) is 3.17. The van der Waals surface area contributed by atoms with E-state index in [0.29, 0.717) is 19.4 Å². The van der Waals surface area contributed by atoms with Crippen LogP contribution in [0.15, 0.2) is 53.7 Å². The monoisotopic (exact) mass is 395 g/mol. The minimum Gasteiger partial charge on any atom is -0.479 e. The fraction of sp³-hybridized carbons (Fsp3) is 0.417. The van der Waals surface area contributed by atoms with E-state index in [1.165, 1.54) is 5.56 Å². The first-order valence-electron chi connectivity index (χ1n) is 10.0. The third-order valence-corrected chi connectivity index (χ3v) is 5.14. The van der Waals surface area contributed by atoms with Crippen LogP contribution in [0.5, 0.6) is 0 Å². The summed E-state index contributed by atoms with van der Waals surface area (Å²) in [5, 5.41) is 13.6. The van der Waals surface area contributed by atoms with Crippen molar-refractivity contribution in [3.8, 4) is 0 Å². The van der Waals surface area contributed by atoms with Gasteiger partial charge in [-0.2, -0.15) is 0 Å². The fourth-order valence-electron chi connectivity index (χ4n) is 3.44. The summed E-state index contributed by atoms with van der Waals surface area (Å²) in [6.45, 7) is 8.76. The van der Waals surface area contributed by atoms with E-state index in [1.807, 2.05) is 24.3 Å². The second kappa shape index (κ2) is 8.78. The SMILES string of the molecule is CCO[C@@H](Cc1cccc(C2=NOC(c3ccc(C(C)(C)C)cc3)C2)c1)C(=O)O. The lowest BCUT2D eigenvalue weighted by molar-refractivity contribution is -0.149. The minimum atomic E-state index is -0.947. The van der Waals surface area contributed by atoms with Crippen molar-refractivity contribution in [2.75, 3.05) is 6.61 Å². The van der Waals surface area contributed by atoms with Crippen molar-refractivity contribution < 1.29 is 19.5 Å². The van der Waals surface area contributed by atoms with Gasteiger partial charge in [-0.3, -0.25) is 0 Å². The number of ether oxygens (including phenoxy) is 1. The maximum absolute atomic E-state index is 11.4. The topological polar surface area (TPSA) is 68.1 Å². The second-order valence-corrected chi connectivity index (χ2v) is 8.39. The largest absolute Gasteiger partial charge is 0.479 e. The number of hydrogen-bond donors (Lipinski definition) is 1. The van der Waals surface area contributed by atoms with E-state index in [9.17, 15) is 9.90 Å². The van der Waals surface area contributed by atoms with Gasteiger partial charge in [0.05, 0.1) is 5.71 Å². The van der Waals surface area contributed by atoms with Crippen LogP contribution in [0.4, 0.5) is 0 Å². The van der Waals surface area contributed by atoms with Crippen LogP contribution in [-0.2, 0) is 26.2 Å². The Morgan fingerprint density at radius 1 is 1.24 bits per heavy atom. The van der Waals surface area contributed by atoms with Gasteiger partial charge < -0.3 is 14.7 Å². The zero-order valence-corrected chi connectivity index (χ0v) is 17.5. The number of benzene rings is 2. The van der Waals surface area contributed by atoms with Gasteiger partial charge in [-0.1, -0.05) is 68.4 Å². The predicted octanol–water partition coefficient (Wildman–Crippen LogP) is 4.88. The van der Waals surface area contributed by atoms with Gasteiger partial charge in [0, 0.05) is 19.4 Å². The normalized spacial score (nSPS) is 17.5. The molecule has 1 heterocycles. The van der Waals surface area contributed by atoms with Crippen molar-refractivity contribution in [2.45, 2.75) is 58.2 Å². The van der Waals surface area contributed by atoms with Crippen LogP contribution in [-0.4, -0.2) is 29.5 Å². The van der Waals surface area contributed by atoms with E-state index in [-0.39, 0.29) is 11.5 Å². The first-order chi connectivity index (χ1) is 13.8. The molecule has 0 amide bonds. The standard InChI is InChI=1S/C24H29NO4/c1-5-28-22(23(26)27)14-16-7-6-8-18(13-16)20-15-21(29-25-20)17-9-11-19(12-10-17)24(2,3)4/h6-13,21-22H,5,14-15H2,1-4H3,(H,26,27)/t21?,22-/m0/s1. The van der Waals surface area contributed by atoms with Crippen molar-refractivity contribution >= 4 is 11.7 Å². The molecule has 5 nitrogen and oxygen atoms in total. The molecule has 1 aliphatic heterocycles. The van der Waals surface area contributed by atoms with Crippen molar-refractivity contribution in [2.24, 2.45) is 5.16 Å². The quantitative estimate of drug-likeness (QED) is 0.725. The lowest BCUT2D eigenvalue weighted by Gasteiger charge is -2.19. The molecule has 2 aromatic carbocycles. The molecule has 0 bridgehead atoms. The molecular formula is C24H29NO4. The molecule has 0 spiro atoms. The Morgan fingerprint density at radius 3 is 2.59 bits per heavy atom. The maximum Gasteiger partial charge on any atom is 0.333 e. The van der Waals surface area contributed by atoms with Gasteiger partial charge in [0.15, 0.2) is 12.2 Å². The van der Waals surface area contributed by atoms with E-state index in [1.54, 1.807) is 6.92 Å². The lowest BCUT2D eigenvalue weighted by Crippen LogP contribution is -2.26. The van der Waals surface area contributed by atoms with Gasteiger partial charge in [-0.05, 0) is 40.7 Å². The zero-order valence-electron chi connectivity index (χ0n) is 17.5. The van der Waals surface area contributed by atoms with Crippen LogP contribution in [0, 0.1) is 0 Å². The van der Waals surface area contributed by atoms with Crippen LogP contribution < -0.4 is 0 Å². The molecule has 0 aromatic heterocycles. The maximum atomic E-state index is 11.4. The van der Waals surface area contributed by atoms with Crippen molar-refractivity contribution in [3.05, 3.63) is 70.8 Å². The van der Waals surface area contributed by atoms with Crippen LogP contribution in [0.25, 0.3) is 0 Å². The van der Waals surface area contributed by atoms with Gasteiger partial charge in [0.2, 0.25) is 0 Å². The highest BCUT2D eigenvalue weighted by atomic mass is 16.6. The number of nitrogens with zero attached hydrogens (tertiary/aromatic N) is 1. The summed E-state index contributed by atoms with van der Waals surface area (Å²) in [5.41, 5.74) is 5.25. The van der Waals surface area contributed by atoms with Crippen molar-refractivity contribution in [1.29, 1.82) is 0 Å². The number of rotatable bonds is 7. The van der Waals surface area contributed by atoms with Crippen LogP contribution in [0.1, 0.15) is 62.5 Å². The number of aliphatic carboxylic acids is 1. The molecule has 0 saturated heterocycles. The molecule has 2 aromatic rings. The summed E-state index contributed by atoms with van der Waals surface area (Å²) in [6, 6.07) is 16.3. The average molecular weight is 395 g/mol. The van der Waals surface area contributed by atoms with Crippen LogP contribution in [0.2, 0.25) is 0 Å². The number of carboxylic acids is 1. The van der Waals surface area contributed by atoms with E-state index in [2.05, 4.69) is 50.2 Å². The zero-order chi connectivity index (χ0) is 21.0. The third-order valence-electron chi connectivity index (χ3n) is 5.14. The molecule has 3 rings (SSSR count). The Hall–Kier alpha value is -2.66. The molecule has 1 aliphatic rings. The van der Waals surface area contributed by atoms with Gasteiger partial charge >= 0.3 is 5.97 Å². The Kier molecular flexibility index (Phi) is 6.38. The van der Waals surface area contributed by atoms with Gasteiger partial charge in [-0.25, -0.2) is 4.79 Å². The number of oxime groups is 1. The van der Waals surface area contributed by atoms with E-state index < -0.39 is 12.1 Å². The Balaban J connectivity index is 1.69. The van der Waals surface area contributed by atoms with Crippen molar-refractivity contribution in [1.82, 2.24) is 0 Å². The van der Waals surface area contributed by atoms with Crippen LogP contribution >= 0.6 is 0 Å². The molecule has 29 heavy (non-hydrogen) atoms. The summed E-state index contributed by atoms with van der Waals surface area (Å²) in [4.78, 5) is 17.1. The van der Waals surface area contributed by atoms with Crippen molar-refractivity contribution in [3.63, 3.8) is 0 Å². The highest BCUT2D eigenvalue weighted by Gasteiger charge is 2.25. The van der Waals surface area contributed by atoms with Gasteiger partial charge in [0.1, 0.15) is 0 Å². The summed E-state index contributed by atoms with van der Waals surface area (Å²) in [5.74, 6) is -0.947. The Bertz CT molecular complexity index is 880. The highest BCUT2D eigenvalue weighted by molar-refractivity contribution is 6.01. The van der Waals surface area contributed by atoms with Gasteiger partial charge in [0.25, 0.3) is 0 Å². The summed E-state index contributed by atoms with van der Waals surface area (Å²) in [7, 11) is 0. The Morgan fingerprint density at radius 2 is 1.97 bits per heavy atom. The van der Waals surface area contributed by atoms with E-state index in [0.717, 1.165) is 22.4 Å². The van der Waals surface area contributed by atoms with E-state index >= 15 is 0 Å². The molecule has 0 radical (unpaired) electrons. The third kappa shape index (κ3) is 5.24. The molecule has 2 atom stereocenters. The highest BCUT2D eigenvalue weighted by Crippen LogP contribution is 2.31. The second-order valence-electron chi connectivity index (χ2n) is 8.39. The first kappa shape index (κ1) is 21.1. The fourth-order valence-corrected chi connectivity index (χ4v) is 3.44. The molecule has 1 unspecified atom stereocenters. The molecule has 0 fully saturated rings. The van der Waals surface area contributed by atoms with Crippen LogP contribution in [0.3, 0.4) is 0 Å². The summed E-state index contributed by atoms with van der Waals surface area (Å²) >= 11 is 0. The summed E-state index contributed by atoms with van der Waals surface area (Å²) < 4.78 is 5.33. The van der Waals surface area contributed by atoms with E-state index in [4.69, 9.17) is 9.57 Å². The molecular weight excluding hydrogens is 366 g/mol. The summed E-state index contributed by atoms with van der Waals surface area (Å²) in [6.07, 6.45) is 0.0681. The first-order valence-corrected chi connectivity index (χ1v) is 10.0.